The fourth-order valence-electron chi connectivity index (χ4n) is 3.06. The summed E-state index contributed by atoms with van der Waals surface area (Å²) in [6.07, 6.45) is 0. The topological polar surface area (TPSA) is 104 Å². The molecule has 0 aliphatic heterocycles. The molecule has 4 rings (SSSR count). The lowest BCUT2D eigenvalue weighted by atomic mass is 10.2. The number of nitro groups is 1. The van der Waals surface area contributed by atoms with Crippen LogP contribution in [0.4, 0.5) is 5.69 Å². The van der Waals surface area contributed by atoms with Gasteiger partial charge in [0.15, 0.2) is 4.80 Å². The van der Waals surface area contributed by atoms with Crippen LogP contribution in [0.25, 0.3) is 20.3 Å². The van der Waals surface area contributed by atoms with Crippen LogP contribution in [0.15, 0.2) is 41.4 Å². The molecule has 0 bridgehead atoms. The van der Waals surface area contributed by atoms with E-state index in [9.17, 15) is 19.7 Å². The highest BCUT2D eigenvalue weighted by atomic mass is 35.5. The summed E-state index contributed by atoms with van der Waals surface area (Å²) >= 11 is 14.9. The van der Waals surface area contributed by atoms with Crippen LogP contribution in [0, 0.1) is 10.1 Å². The van der Waals surface area contributed by atoms with Crippen molar-refractivity contribution < 1.29 is 19.2 Å². The molecule has 0 aliphatic carbocycles. The van der Waals surface area contributed by atoms with Crippen LogP contribution in [-0.2, 0) is 16.1 Å². The highest BCUT2D eigenvalue weighted by Gasteiger charge is 2.18. The number of non-ortho nitro benzene ring substituents is 1. The van der Waals surface area contributed by atoms with Crippen molar-refractivity contribution in [2.24, 2.45) is 4.99 Å². The van der Waals surface area contributed by atoms with Crippen LogP contribution in [0.1, 0.15) is 16.6 Å². The van der Waals surface area contributed by atoms with Crippen LogP contribution >= 0.6 is 45.9 Å². The number of hydrogen-bond donors (Lipinski definition) is 0. The summed E-state index contributed by atoms with van der Waals surface area (Å²) in [5.74, 6) is -1.05. The number of carbonyl (C=O) groups excluding carboxylic acids is 2. The van der Waals surface area contributed by atoms with Gasteiger partial charge in [-0.2, -0.15) is 4.99 Å². The van der Waals surface area contributed by atoms with Crippen molar-refractivity contribution >= 4 is 83.7 Å². The first-order chi connectivity index (χ1) is 15.3. The summed E-state index contributed by atoms with van der Waals surface area (Å²) in [6.45, 7) is 1.70. The monoisotopic (exact) mass is 509 g/mol. The second kappa shape index (κ2) is 8.99. The number of amides is 1. The average Bonchev–Trinajstić information content (AvgIpc) is 3.32. The second-order valence-electron chi connectivity index (χ2n) is 6.49. The zero-order valence-corrected chi connectivity index (χ0v) is 19.5. The summed E-state index contributed by atoms with van der Waals surface area (Å²) in [7, 11) is 0. The highest BCUT2D eigenvalue weighted by molar-refractivity contribution is 7.21. The molecule has 1 amide bonds. The van der Waals surface area contributed by atoms with E-state index in [1.54, 1.807) is 31.2 Å². The molecule has 0 N–H and O–H groups in total. The van der Waals surface area contributed by atoms with E-state index in [1.807, 2.05) is 0 Å². The van der Waals surface area contributed by atoms with Gasteiger partial charge in [-0.25, -0.2) is 0 Å². The number of nitrogens with zero attached hydrogens (tertiary/aromatic N) is 3. The van der Waals surface area contributed by atoms with Gasteiger partial charge in [0.1, 0.15) is 6.54 Å². The molecule has 2 aromatic carbocycles. The van der Waals surface area contributed by atoms with Crippen molar-refractivity contribution in [2.75, 3.05) is 6.61 Å². The third kappa shape index (κ3) is 4.26. The third-order valence-electron chi connectivity index (χ3n) is 4.45. The van der Waals surface area contributed by atoms with Crippen LogP contribution in [-0.4, -0.2) is 28.0 Å². The van der Waals surface area contributed by atoms with Gasteiger partial charge in [0.05, 0.1) is 36.7 Å². The van der Waals surface area contributed by atoms with Crippen molar-refractivity contribution in [3.8, 4) is 0 Å². The minimum absolute atomic E-state index is 0.0606. The Bertz CT molecular complexity index is 1470. The minimum Gasteiger partial charge on any atom is -0.465 e. The first kappa shape index (κ1) is 22.4. The van der Waals surface area contributed by atoms with Gasteiger partial charge in [0.25, 0.3) is 11.6 Å². The number of esters is 1. The molecule has 2 aromatic heterocycles. The van der Waals surface area contributed by atoms with Gasteiger partial charge in [-0.05, 0) is 31.2 Å². The Labute approximate surface area is 198 Å². The molecule has 0 fully saturated rings. The van der Waals surface area contributed by atoms with E-state index < -0.39 is 16.8 Å². The number of benzene rings is 2. The third-order valence-corrected chi connectivity index (χ3v) is 7.39. The molecule has 8 nitrogen and oxygen atoms in total. The van der Waals surface area contributed by atoms with E-state index in [0.717, 1.165) is 4.70 Å². The van der Waals surface area contributed by atoms with E-state index in [4.69, 9.17) is 27.9 Å². The summed E-state index contributed by atoms with van der Waals surface area (Å²) in [5, 5.41) is 12.1. The Hall–Kier alpha value is -2.79. The van der Waals surface area contributed by atoms with E-state index in [-0.39, 0.29) is 28.7 Å². The number of rotatable bonds is 5. The molecule has 0 unspecified atom stereocenters. The quantitative estimate of drug-likeness (QED) is 0.202. The number of carbonyl (C=O) groups is 2. The SMILES string of the molecule is CCOC(=O)Cn1c(=NC(=O)c2cc3cc([N+](=O)[O-])ccc3s2)sc2ccc(Cl)c(Cl)c21. The maximum atomic E-state index is 12.9. The van der Waals surface area contributed by atoms with Gasteiger partial charge in [-0.15, -0.1) is 11.3 Å². The highest BCUT2D eigenvalue weighted by Crippen LogP contribution is 2.33. The number of fused-ring (bicyclic) bond motifs is 2. The molecule has 4 aromatic rings. The van der Waals surface area contributed by atoms with E-state index in [2.05, 4.69) is 4.99 Å². The van der Waals surface area contributed by atoms with Crippen molar-refractivity contribution in [3.63, 3.8) is 0 Å². The fourth-order valence-corrected chi connectivity index (χ4v) is 5.50. The summed E-state index contributed by atoms with van der Waals surface area (Å²) < 4.78 is 7.96. The molecular formula is C20H13Cl2N3O5S2. The van der Waals surface area contributed by atoms with Crippen molar-refractivity contribution in [1.82, 2.24) is 4.57 Å². The smallest absolute Gasteiger partial charge is 0.326 e. The van der Waals surface area contributed by atoms with Gasteiger partial charge in [0.2, 0.25) is 0 Å². The van der Waals surface area contributed by atoms with Crippen molar-refractivity contribution in [1.29, 1.82) is 0 Å². The number of halogens is 2. The van der Waals surface area contributed by atoms with Crippen LogP contribution in [0.5, 0.6) is 0 Å². The standard InChI is InChI=1S/C20H13Cl2N3O5S2/c1-2-30-16(26)9-24-18-14(6-4-12(21)17(18)22)32-20(24)23-19(27)15-8-10-7-11(25(28)29)3-5-13(10)31-15/h3-8H,2,9H2,1H3. The normalized spacial score (nSPS) is 11.9. The molecule has 0 aliphatic rings. The molecule has 0 spiro atoms. The largest absolute Gasteiger partial charge is 0.465 e. The molecule has 0 atom stereocenters. The number of aromatic nitrogens is 1. The van der Waals surface area contributed by atoms with Gasteiger partial charge in [-0.1, -0.05) is 34.5 Å². The zero-order valence-electron chi connectivity index (χ0n) is 16.3. The van der Waals surface area contributed by atoms with Gasteiger partial charge in [-0.3, -0.25) is 19.7 Å². The number of ether oxygens (including phenoxy) is 1. The van der Waals surface area contributed by atoms with Crippen molar-refractivity contribution in [3.05, 3.63) is 66.2 Å². The number of hydrogen-bond acceptors (Lipinski definition) is 7. The van der Waals surface area contributed by atoms with E-state index >= 15 is 0 Å². The van der Waals surface area contributed by atoms with Crippen LogP contribution in [0.3, 0.4) is 0 Å². The zero-order chi connectivity index (χ0) is 23.0. The average molecular weight is 510 g/mol. The maximum absolute atomic E-state index is 12.9. The summed E-state index contributed by atoms with van der Waals surface area (Å²) in [6, 6.07) is 9.31. The Morgan fingerprint density at radius 2 is 1.91 bits per heavy atom. The summed E-state index contributed by atoms with van der Waals surface area (Å²) in [5.41, 5.74) is 0.422. The Morgan fingerprint density at radius 3 is 2.62 bits per heavy atom. The predicted molar refractivity (Wildman–Crippen MR) is 125 cm³/mol. The number of nitro benzene ring substituents is 1. The lowest BCUT2D eigenvalue weighted by Crippen LogP contribution is -2.23. The molecule has 2 heterocycles. The number of thiophene rings is 1. The summed E-state index contributed by atoms with van der Waals surface area (Å²) in [4.78, 5) is 40.4. The first-order valence-corrected chi connectivity index (χ1v) is 11.6. The molecule has 12 heteroatoms. The molecule has 0 saturated carbocycles. The van der Waals surface area contributed by atoms with Gasteiger partial charge < -0.3 is 9.30 Å². The molecule has 0 radical (unpaired) electrons. The van der Waals surface area contributed by atoms with Crippen LogP contribution in [0.2, 0.25) is 10.0 Å². The Morgan fingerprint density at radius 1 is 1.16 bits per heavy atom. The van der Waals surface area contributed by atoms with Gasteiger partial charge >= 0.3 is 5.97 Å². The fraction of sp³-hybridized carbons (Fsp3) is 0.150. The number of thiazole rings is 1. The van der Waals surface area contributed by atoms with Crippen LogP contribution < -0.4 is 4.80 Å². The molecule has 32 heavy (non-hydrogen) atoms. The van der Waals surface area contributed by atoms with E-state index in [1.165, 1.54) is 39.4 Å². The van der Waals surface area contributed by atoms with E-state index in [0.29, 0.717) is 25.5 Å². The first-order valence-electron chi connectivity index (χ1n) is 9.18. The maximum Gasteiger partial charge on any atom is 0.326 e. The molecule has 0 saturated heterocycles. The minimum atomic E-state index is -0.541. The Kier molecular flexibility index (Phi) is 6.29. The predicted octanol–water partition coefficient (Wildman–Crippen LogP) is 5.44. The Balaban J connectivity index is 1.83. The second-order valence-corrected chi connectivity index (χ2v) is 9.37. The lowest BCUT2D eigenvalue weighted by molar-refractivity contribution is -0.384. The lowest BCUT2D eigenvalue weighted by Gasteiger charge is -2.06. The molecule has 164 valence electrons. The van der Waals surface area contributed by atoms with Gasteiger partial charge in [0, 0.05) is 22.2 Å². The van der Waals surface area contributed by atoms with Crippen molar-refractivity contribution in [2.45, 2.75) is 13.5 Å². The molecular weight excluding hydrogens is 497 g/mol.